The predicted molar refractivity (Wildman–Crippen MR) is 109 cm³/mol. The van der Waals surface area contributed by atoms with Crippen LogP contribution in [0.4, 0.5) is 0 Å². The van der Waals surface area contributed by atoms with E-state index in [1.807, 2.05) is 13.0 Å². The van der Waals surface area contributed by atoms with E-state index in [0.29, 0.717) is 11.1 Å². The molecule has 0 amide bonds. The van der Waals surface area contributed by atoms with Crippen LogP contribution in [0, 0.1) is 11.3 Å². The molecule has 1 fully saturated rings. The van der Waals surface area contributed by atoms with Gasteiger partial charge in [0.2, 0.25) is 0 Å². The third-order valence-corrected chi connectivity index (χ3v) is 5.98. The molecule has 3 unspecified atom stereocenters. The molecule has 1 aromatic rings. The second-order valence-electron chi connectivity index (χ2n) is 6.09. The highest BCUT2D eigenvalue weighted by Crippen LogP contribution is 2.30. The summed E-state index contributed by atoms with van der Waals surface area (Å²) in [6.07, 6.45) is 7.23. The van der Waals surface area contributed by atoms with Crippen molar-refractivity contribution in [2.75, 3.05) is 11.0 Å². The number of rotatable bonds is 6. The van der Waals surface area contributed by atoms with Gasteiger partial charge < -0.3 is 10.1 Å². The fraction of sp³-hybridized carbons (Fsp3) is 0.647. The van der Waals surface area contributed by atoms with E-state index in [1.54, 1.807) is 0 Å². The van der Waals surface area contributed by atoms with E-state index in [1.165, 1.54) is 19.1 Å². The number of ether oxygens (including phenoxy) is 1. The Labute approximate surface area is 163 Å². The van der Waals surface area contributed by atoms with Crippen LogP contribution in [-0.4, -0.2) is 28.3 Å². The van der Waals surface area contributed by atoms with Crippen LogP contribution in [0.1, 0.15) is 54.7 Å². The van der Waals surface area contributed by atoms with Crippen molar-refractivity contribution >= 4 is 53.0 Å². The van der Waals surface area contributed by atoms with Crippen molar-refractivity contribution < 1.29 is 4.74 Å². The molecule has 2 heterocycles. The number of nitrogens with one attached hydrogen (secondary N) is 1. The summed E-state index contributed by atoms with van der Waals surface area (Å²) in [6.45, 7) is 2.85. The Morgan fingerprint density at radius 1 is 1.52 bits per heavy atom. The maximum absolute atomic E-state index is 7.79. The predicted octanol–water partition coefficient (Wildman–Crippen LogP) is 5.28. The molecule has 0 aromatic carbocycles. The van der Waals surface area contributed by atoms with Crippen molar-refractivity contribution in [3.8, 4) is 0 Å². The van der Waals surface area contributed by atoms with E-state index < -0.39 is 0 Å². The van der Waals surface area contributed by atoms with Gasteiger partial charge in [0.05, 0.1) is 11.8 Å². The minimum Gasteiger partial charge on any atom is -0.378 e. The number of nitrogens with zero attached hydrogens (tertiary/aromatic N) is 1. The quantitative estimate of drug-likeness (QED) is 0.197. The van der Waals surface area contributed by atoms with Crippen molar-refractivity contribution in [2.24, 2.45) is 5.92 Å². The van der Waals surface area contributed by atoms with Crippen molar-refractivity contribution in [3.05, 3.63) is 28.0 Å². The average molecular weight is 467 g/mol. The molecule has 0 saturated carbocycles. The number of hydrogen-bond donors (Lipinski definition) is 2. The highest BCUT2D eigenvalue weighted by Gasteiger charge is 2.25. The molecule has 6 heteroatoms. The molecule has 2 rings (SSSR count). The fourth-order valence-electron chi connectivity index (χ4n) is 3.11. The Kier molecular flexibility index (Phi) is 8.12. The lowest BCUT2D eigenvalue weighted by molar-refractivity contribution is 0.0240. The third-order valence-electron chi connectivity index (χ3n) is 4.38. The molecule has 1 N–H and O–H groups in total. The molecular weight excluding hydrogens is 443 g/mol. The van der Waals surface area contributed by atoms with Gasteiger partial charge in [-0.3, -0.25) is 0 Å². The van der Waals surface area contributed by atoms with E-state index in [2.05, 4.69) is 40.2 Å². The Balaban J connectivity index is 2.27. The molecule has 128 valence electrons. The molecule has 1 aromatic heterocycles. The Bertz CT molecular complexity index is 534. The number of alkyl halides is 1. The first kappa shape index (κ1) is 19.5. The van der Waals surface area contributed by atoms with Crippen LogP contribution in [0.2, 0.25) is 5.15 Å². The van der Waals surface area contributed by atoms with E-state index in [0.717, 1.165) is 47.1 Å². The molecule has 0 aliphatic carbocycles. The largest absolute Gasteiger partial charge is 0.378 e. The third kappa shape index (κ3) is 5.31. The van der Waals surface area contributed by atoms with Crippen molar-refractivity contribution in [2.45, 2.75) is 50.4 Å². The number of pyridine rings is 1. The van der Waals surface area contributed by atoms with E-state index in [4.69, 9.17) is 21.7 Å². The van der Waals surface area contributed by atoms with Crippen LogP contribution in [0.3, 0.4) is 0 Å². The van der Waals surface area contributed by atoms with Crippen LogP contribution >= 0.6 is 46.8 Å². The molecule has 0 radical (unpaired) electrons. The number of halogens is 2. The maximum Gasteiger partial charge on any atom is 0.129 e. The lowest BCUT2D eigenvalue weighted by atomic mass is 9.92. The van der Waals surface area contributed by atoms with Gasteiger partial charge in [0.25, 0.3) is 0 Å². The lowest BCUT2D eigenvalue weighted by Crippen LogP contribution is -2.27. The highest BCUT2D eigenvalue weighted by atomic mass is 127. The van der Waals surface area contributed by atoms with E-state index in [9.17, 15) is 0 Å². The maximum atomic E-state index is 7.79. The van der Waals surface area contributed by atoms with Crippen molar-refractivity contribution in [3.63, 3.8) is 0 Å². The summed E-state index contributed by atoms with van der Waals surface area (Å²) in [5.41, 5.74) is 2.74. The minimum atomic E-state index is 0.0260. The van der Waals surface area contributed by atoms with Crippen molar-refractivity contribution in [1.29, 1.82) is 5.41 Å². The zero-order valence-corrected chi connectivity index (χ0v) is 17.2. The molecular formula is C17H24ClIN2OS. The number of aromatic nitrogens is 1. The molecule has 1 aliphatic heterocycles. The van der Waals surface area contributed by atoms with Gasteiger partial charge in [-0.15, -0.1) is 0 Å². The SMILES string of the molecule is CC(S)c1cc(Cl)nc(CC(CI)C2CCCCCO2)c1C=N. The smallest absolute Gasteiger partial charge is 0.129 e. The molecule has 3 nitrogen and oxygen atoms in total. The first-order chi connectivity index (χ1) is 11.1. The summed E-state index contributed by atoms with van der Waals surface area (Å²) in [7, 11) is 0. The summed E-state index contributed by atoms with van der Waals surface area (Å²) < 4.78 is 7.09. The summed E-state index contributed by atoms with van der Waals surface area (Å²) in [4.78, 5) is 4.51. The van der Waals surface area contributed by atoms with Crippen LogP contribution in [-0.2, 0) is 11.2 Å². The number of hydrogen-bond acceptors (Lipinski definition) is 4. The molecule has 1 saturated heterocycles. The van der Waals surface area contributed by atoms with Crippen LogP contribution < -0.4 is 0 Å². The first-order valence-corrected chi connectivity index (χ1v) is 10.5. The van der Waals surface area contributed by atoms with Gasteiger partial charge in [-0.2, -0.15) is 12.6 Å². The summed E-state index contributed by atoms with van der Waals surface area (Å²) in [5, 5.41) is 8.30. The Morgan fingerprint density at radius 2 is 2.30 bits per heavy atom. The summed E-state index contributed by atoms with van der Waals surface area (Å²) in [6, 6.07) is 1.82. The zero-order chi connectivity index (χ0) is 16.8. The van der Waals surface area contributed by atoms with Gasteiger partial charge in [-0.05, 0) is 43.7 Å². The Hall–Kier alpha value is 0.150. The number of thiol groups is 1. The van der Waals surface area contributed by atoms with E-state index in [-0.39, 0.29) is 11.4 Å². The van der Waals surface area contributed by atoms with Gasteiger partial charge in [0.15, 0.2) is 0 Å². The minimum absolute atomic E-state index is 0.0260. The van der Waals surface area contributed by atoms with Crippen LogP contribution in [0.15, 0.2) is 6.07 Å². The molecule has 0 bridgehead atoms. The normalized spacial score (nSPS) is 21.5. The van der Waals surface area contributed by atoms with Gasteiger partial charge in [-0.25, -0.2) is 4.98 Å². The molecule has 1 aliphatic rings. The van der Waals surface area contributed by atoms with Gasteiger partial charge in [0, 0.05) is 28.1 Å². The summed E-state index contributed by atoms with van der Waals surface area (Å²) in [5.74, 6) is 0.404. The molecule has 23 heavy (non-hydrogen) atoms. The monoisotopic (exact) mass is 466 g/mol. The second kappa shape index (κ2) is 9.59. The van der Waals surface area contributed by atoms with Gasteiger partial charge in [0.1, 0.15) is 5.15 Å². The van der Waals surface area contributed by atoms with E-state index >= 15 is 0 Å². The topological polar surface area (TPSA) is 46.0 Å². The highest BCUT2D eigenvalue weighted by molar-refractivity contribution is 14.1. The average Bonchev–Trinajstić information content (AvgIpc) is 2.81. The molecule has 0 spiro atoms. The van der Waals surface area contributed by atoms with Gasteiger partial charge in [-0.1, -0.05) is 47.0 Å². The van der Waals surface area contributed by atoms with Gasteiger partial charge >= 0.3 is 0 Å². The molecule has 3 atom stereocenters. The zero-order valence-electron chi connectivity index (χ0n) is 13.4. The van der Waals surface area contributed by atoms with Crippen molar-refractivity contribution in [1.82, 2.24) is 4.98 Å². The Morgan fingerprint density at radius 3 is 2.96 bits per heavy atom. The lowest BCUT2D eigenvalue weighted by Gasteiger charge is -2.25. The standard InChI is InChI=1S/C17H24ClIN2OS/c1-11(23)13-8-17(18)21-15(14(13)10-20)7-12(9-19)16-5-3-2-4-6-22-16/h8,10-12,16,20,23H,2-7,9H2,1H3. The summed E-state index contributed by atoms with van der Waals surface area (Å²) >= 11 is 13.2. The van der Waals surface area contributed by atoms with Crippen LogP contribution in [0.5, 0.6) is 0 Å². The fourth-order valence-corrected chi connectivity index (χ4v) is 4.42. The van der Waals surface area contributed by atoms with Crippen LogP contribution in [0.25, 0.3) is 0 Å². The second-order valence-corrected chi connectivity index (χ2v) is 8.13. The first-order valence-electron chi connectivity index (χ1n) is 8.12.